The summed E-state index contributed by atoms with van der Waals surface area (Å²) < 4.78 is 41.1. The summed E-state index contributed by atoms with van der Waals surface area (Å²) in [5.74, 6) is -1.01. The van der Waals surface area contributed by atoms with Crippen LogP contribution in [0.2, 0.25) is 0 Å². The first-order valence-corrected chi connectivity index (χ1v) is 10.4. The van der Waals surface area contributed by atoms with E-state index in [4.69, 9.17) is 9.47 Å². The average molecular weight is 420 g/mol. The zero-order valence-corrected chi connectivity index (χ0v) is 17.9. The summed E-state index contributed by atoms with van der Waals surface area (Å²) in [6, 6.07) is 13.7. The minimum Gasteiger partial charge on any atom is -0.591 e. The highest BCUT2D eigenvalue weighted by Gasteiger charge is 2.28. The van der Waals surface area contributed by atoms with Gasteiger partial charge in [0.15, 0.2) is 11.6 Å². The van der Waals surface area contributed by atoms with Gasteiger partial charge in [0.2, 0.25) is 0 Å². The van der Waals surface area contributed by atoms with Crippen molar-refractivity contribution in [3.8, 4) is 5.75 Å². The normalized spacial score (nSPS) is 13.1. The fourth-order valence-electron chi connectivity index (χ4n) is 2.31. The third-order valence-corrected chi connectivity index (χ3v) is 5.27. The van der Waals surface area contributed by atoms with Crippen molar-refractivity contribution in [1.82, 2.24) is 0 Å². The van der Waals surface area contributed by atoms with Gasteiger partial charge in [0.05, 0.1) is 13.0 Å². The molecule has 2 aromatic carbocycles. The minimum atomic E-state index is -1.60. The van der Waals surface area contributed by atoms with Crippen molar-refractivity contribution in [2.24, 2.45) is 4.40 Å². The monoisotopic (exact) mass is 419 g/mol. The molecule has 7 heteroatoms. The van der Waals surface area contributed by atoms with Gasteiger partial charge >= 0.3 is 5.97 Å². The van der Waals surface area contributed by atoms with Crippen LogP contribution >= 0.6 is 0 Å². The number of rotatable bonds is 8. The second-order valence-electron chi connectivity index (χ2n) is 7.30. The molecule has 0 radical (unpaired) electrons. The van der Waals surface area contributed by atoms with Crippen LogP contribution in [-0.2, 0) is 27.5 Å². The average Bonchev–Trinajstić information content (AvgIpc) is 2.66. The molecule has 0 saturated carbocycles. The molecule has 0 heterocycles. The zero-order chi connectivity index (χ0) is 21.4. The highest BCUT2D eigenvalue weighted by molar-refractivity contribution is 7.91. The van der Waals surface area contributed by atoms with Crippen molar-refractivity contribution in [2.75, 3.05) is 6.61 Å². The molecule has 0 aliphatic heterocycles. The van der Waals surface area contributed by atoms with Crippen LogP contribution in [0.1, 0.15) is 45.2 Å². The van der Waals surface area contributed by atoms with Gasteiger partial charge in [0.25, 0.3) is 0 Å². The molecule has 0 aliphatic rings. The maximum Gasteiger partial charge on any atom is 0.312 e. The third kappa shape index (κ3) is 7.18. The first kappa shape index (κ1) is 22.9. The predicted molar refractivity (Wildman–Crippen MR) is 113 cm³/mol. The fraction of sp³-hybridized carbons (Fsp3) is 0.364. The van der Waals surface area contributed by atoms with E-state index >= 15 is 0 Å². The van der Waals surface area contributed by atoms with Gasteiger partial charge in [0, 0.05) is 5.56 Å². The Bertz CT molecular complexity index is 850. The van der Waals surface area contributed by atoms with E-state index in [1.165, 1.54) is 12.1 Å². The summed E-state index contributed by atoms with van der Waals surface area (Å²) in [6.45, 7) is 7.46. The number of nitrogens with zero attached hydrogens (tertiary/aromatic N) is 1. The van der Waals surface area contributed by atoms with Crippen molar-refractivity contribution in [3.05, 3.63) is 65.5 Å². The number of esters is 1. The number of carbonyl (C=O) groups is 1. The Morgan fingerprint density at radius 3 is 2.45 bits per heavy atom. The lowest BCUT2D eigenvalue weighted by Gasteiger charge is -2.19. The molecule has 29 heavy (non-hydrogen) atoms. The summed E-state index contributed by atoms with van der Waals surface area (Å²) in [5, 5.41) is 0. The number of halogens is 1. The quantitative estimate of drug-likeness (QED) is 0.356. The second-order valence-corrected chi connectivity index (χ2v) is 9.21. The van der Waals surface area contributed by atoms with Crippen LogP contribution in [0.15, 0.2) is 52.9 Å². The lowest BCUT2D eigenvalue weighted by molar-refractivity contribution is -0.141. The van der Waals surface area contributed by atoms with Crippen molar-refractivity contribution in [2.45, 2.75) is 45.5 Å². The van der Waals surface area contributed by atoms with Crippen molar-refractivity contribution < 1.29 is 23.2 Å². The molecule has 0 bridgehead atoms. The van der Waals surface area contributed by atoms with Crippen LogP contribution in [0.25, 0.3) is 0 Å². The summed E-state index contributed by atoms with van der Waals surface area (Å²) in [6.07, 6.45) is -0.195. The molecule has 5 nitrogen and oxygen atoms in total. The van der Waals surface area contributed by atoms with E-state index in [2.05, 4.69) is 4.40 Å². The van der Waals surface area contributed by atoms with Crippen LogP contribution in [0, 0.1) is 5.82 Å². The molecule has 0 spiro atoms. The van der Waals surface area contributed by atoms with Crippen LogP contribution < -0.4 is 4.74 Å². The van der Waals surface area contributed by atoms with E-state index in [0.29, 0.717) is 5.56 Å². The molecule has 0 fully saturated rings. The lowest BCUT2D eigenvalue weighted by atomic mass is 10.1. The van der Waals surface area contributed by atoms with Crippen molar-refractivity contribution >= 4 is 23.0 Å². The van der Waals surface area contributed by atoms with Gasteiger partial charge in [-0.05, 0) is 51.5 Å². The minimum absolute atomic E-state index is 0.0880. The van der Waals surface area contributed by atoms with E-state index < -0.39 is 27.9 Å². The summed E-state index contributed by atoms with van der Waals surface area (Å²) in [5.41, 5.74) is 1.49. The summed E-state index contributed by atoms with van der Waals surface area (Å²) in [4.78, 5) is 11.9. The van der Waals surface area contributed by atoms with Crippen molar-refractivity contribution in [1.29, 1.82) is 0 Å². The highest BCUT2D eigenvalue weighted by Crippen LogP contribution is 2.23. The molecular weight excluding hydrogens is 393 g/mol. The molecule has 0 amide bonds. The summed E-state index contributed by atoms with van der Waals surface area (Å²) in [7, 11) is 0. The molecular formula is C22H26FNO4S. The van der Waals surface area contributed by atoms with Gasteiger partial charge in [0.1, 0.15) is 28.4 Å². The standard InChI is InChI=1S/C22H26FNO4S/c1-5-27-21(25)14-19(24-29(26)22(2,3)4)17-11-12-20(18(23)13-17)28-15-16-9-7-6-8-10-16/h6-13H,5,14-15H2,1-4H3. The molecule has 1 atom stereocenters. The number of benzene rings is 2. The first-order chi connectivity index (χ1) is 13.7. The SMILES string of the molecule is CCOC(=O)CC(=N[S+]([O-])C(C)(C)C)c1ccc(OCc2ccccc2)c(F)c1. The van der Waals surface area contributed by atoms with Crippen LogP contribution in [0.3, 0.4) is 0 Å². The Morgan fingerprint density at radius 2 is 1.86 bits per heavy atom. The Kier molecular flexibility index (Phi) is 8.22. The molecule has 0 aromatic heterocycles. The van der Waals surface area contributed by atoms with Crippen LogP contribution in [-0.4, -0.2) is 27.6 Å². The largest absolute Gasteiger partial charge is 0.591 e. The first-order valence-electron chi connectivity index (χ1n) is 9.32. The van der Waals surface area contributed by atoms with Crippen LogP contribution in [0.5, 0.6) is 5.75 Å². The van der Waals surface area contributed by atoms with Crippen molar-refractivity contribution in [3.63, 3.8) is 0 Å². The number of hydrogen-bond acceptors (Lipinski definition) is 5. The predicted octanol–water partition coefficient (Wildman–Crippen LogP) is 4.61. The maximum atomic E-state index is 14.6. The van der Waals surface area contributed by atoms with E-state index in [1.807, 2.05) is 30.3 Å². The number of hydrogen-bond donors (Lipinski definition) is 0. The van der Waals surface area contributed by atoms with E-state index in [1.54, 1.807) is 33.8 Å². The summed E-state index contributed by atoms with van der Waals surface area (Å²) >= 11 is -1.60. The topological polar surface area (TPSA) is 71.0 Å². The van der Waals surface area contributed by atoms with E-state index in [-0.39, 0.29) is 31.1 Å². The van der Waals surface area contributed by atoms with E-state index in [0.717, 1.165) is 5.56 Å². The van der Waals surface area contributed by atoms with Crippen LogP contribution in [0.4, 0.5) is 4.39 Å². The van der Waals surface area contributed by atoms with Gasteiger partial charge in [-0.2, -0.15) is 0 Å². The second kappa shape index (κ2) is 10.4. The Labute approximate surface area is 174 Å². The van der Waals surface area contributed by atoms with Gasteiger partial charge in [-0.15, -0.1) is 0 Å². The molecule has 0 saturated heterocycles. The van der Waals surface area contributed by atoms with E-state index in [9.17, 15) is 13.7 Å². The van der Waals surface area contributed by atoms with Gasteiger partial charge < -0.3 is 14.0 Å². The maximum absolute atomic E-state index is 14.6. The third-order valence-electron chi connectivity index (χ3n) is 3.84. The zero-order valence-electron chi connectivity index (χ0n) is 17.1. The smallest absolute Gasteiger partial charge is 0.312 e. The molecule has 2 rings (SSSR count). The Balaban J connectivity index is 2.24. The van der Waals surface area contributed by atoms with Gasteiger partial charge in [-0.25, -0.2) is 4.39 Å². The van der Waals surface area contributed by atoms with Gasteiger partial charge in [-0.1, -0.05) is 34.7 Å². The number of ether oxygens (including phenoxy) is 2. The molecule has 2 aromatic rings. The molecule has 0 aliphatic carbocycles. The van der Waals surface area contributed by atoms with Gasteiger partial charge in [-0.3, -0.25) is 4.79 Å². The number of carbonyl (C=O) groups excluding carboxylic acids is 1. The molecule has 0 N–H and O–H groups in total. The fourth-order valence-corrected chi connectivity index (χ4v) is 2.95. The molecule has 156 valence electrons. The highest BCUT2D eigenvalue weighted by atomic mass is 32.2. The molecule has 1 unspecified atom stereocenters. The lowest BCUT2D eigenvalue weighted by Crippen LogP contribution is -2.27. The Hall–Kier alpha value is -2.38. The Morgan fingerprint density at radius 1 is 1.17 bits per heavy atom.